The number of hydrogen-bond donors (Lipinski definition) is 3. The molecule has 2 fully saturated rings. The summed E-state index contributed by atoms with van der Waals surface area (Å²) in [5, 5.41) is 16.6. The summed E-state index contributed by atoms with van der Waals surface area (Å²) in [6, 6.07) is 9.14. The van der Waals surface area contributed by atoms with Gasteiger partial charge in [-0.25, -0.2) is 4.99 Å². The highest BCUT2D eigenvalue weighted by atomic mass is 127. The number of piperidine rings is 1. The van der Waals surface area contributed by atoms with E-state index in [0.29, 0.717) is 12.6 Å². The zero-order valence-corrected chi connectivity index (χ0v) is 19.5. The third kappa shape index (κ3) is 7.52. The number of rotatable bonds is 6. The van der Waals surface area contributed by atoms with Gasteiger partial charge in [-0.15, -0.1) is 24.0 Å². The third-order valence-corrected chi connectivity index (χ3v) is 5.75. The Morgan fingerprint density at radius 3 is 2.43 bits per heavy atom. The van der Waals surface area contributed by atoms with Gasteiger partial charge < -0.3 is 15.7 Å². The Labute approximate surface area is 187 Å². The lowest BCUT2D eigenvalue weighted by Gasteiger charge is -2.28. The van der Waals surface area contributed by atoms with Crippen molar-refractivity contribution >= 4 is 29.9 Å². The van der Waals surface area contributed by atoms with Crippen LogP contribution in [0, 0.1) is 0 Å². The Hall–Kier alpha value is -0.860. The molecule has 0 unspecified atom stereocenters. The van der Waals surface area contributed by atoms with E-state index in [-0.39, 0.29) is 30.1 Å². The number of likely N-dealkylation sites (tertiary alicyclic amines) is 1. The molecule has 1 heterocycles. The molecule has 0 radical (unpaired) electrons. The van der Waals surface area contributed by atoms with Crippen LogP contribution in [0.1, 0.15) is 63.0 Å². The first-order valence-corrected chi connectivity index (χ1v) is 10.8. The second kappa shape index (κ2) is 12.6. The molecule has 1 saturated carbocycles. The fraction of sp³-hybridized carbons (Fsp3) is 0.682. The quantitative estimate of drug-likeness (QED) is 0.317. The van der Waals surface area contributed by atoms with Crippen LogP contribution in [-0.2, 0) is 13.1 Å². The summed E-state index contributed by atoms with van der Waals surface area (Å²) in [4.78, 5) is 7.44. The van der Waals surface area contributed by atoms with Crippen LogP contribution in [0.15, 0.2) is 29.3 Å². The summed E-state index contributed by atoms with van der Waals surface area (Å²) >= 11 is 0. The smallest absolute Gasteiger partial charge is 0.191 e. The fourth-order valence-electron chi connectivity index (χ4n) is 4.12. The average molecular weight is 500 g/mol. The maximum Gasteiger partial charge on any atom is 0.191 e. The third-order valence-electron chi connectivity index (χ3n) is 5.75. The molecule has 1 saturated heterocycles. The molecule has 0 atom stereocenters. The van der Waals surface area contributed by atoms with Crippen molar-refractivity contribution in [1.29, 1.82) is 0 Å². The monoisotopic (exact) mass is 500 g/mol. The van der Waals surface area contributed by atoms with Gasteiger partial charge in [-0.1, -0.05) is 30.7 Å². The van der Waals surface area contributed by atoms with Gasteiger partial charge >= 0.3 is 0 Å². The van der Waals surface area contributed by atoms with Gasteiger partial charge in [0.2, 0.25) is 0 Å². The Kier molecular flexibility index (Phi) is 10.6. The van der Waals surface area contributed by atoms with E-state index in [2.05, 4.69) is 46.7 Å². The van der Waals surface area contributed by atoms with Crippen LogP contribution in [-0.4, -0.2) is 47.7 Å². The van der Waals surface area contributed by atoms with Gasteiger partial charge in [0.15, 0.2) is 5.96 Å². The van der Waals surface area contributed by atoms with E-state index < -0.39 is 0 Å². The number of aliphatic imine (C=N–C) groups is 1. The molecule has 0 bridgehead atoms. The van der Waals surface area contributed by atoms with Crippen molar-refractivity contribution in [2.24, 2.45) is 4.99 Å². The Balaban J connectivity index is 0.00000280. The minimum atomic E-state index is -0.121. The zero-order valence-electron chi connectivity index (χ0n) is 17.2. The molecular formula is C22H37IN4O. The Bertz CT molecular complexity index is 596. The molecule has 5 nitrogen and oxygen atoms in total. The molecule has 0 amide bonds. The lowest BCUT2D eigenvalue weighted by molar-refractivity contribution is 0.120. The fourth-order valence-corrected chi connectivity index (χ4v) is 4.12. The summed E-state index contributed by atoms with van der Waals surface area (Å²) in [7, 11) is 0. The van der Waals surface area contributed by atoms with Crippen molar-refractivity contribution < 1.29 is 5.11 Å². The van der Waals surface area contributed by atoms with E-state index in [9.17, 15) is 5.11 Å². The van der Waals surface area contributed by atoms with E-state index in [1.165, 1.54) is 43.5 Å². The van der Waals surface area contributed by atoms with Crippen molar-refractivity contribution in [2.75, 3.05) is 19.6 Å². The number of aliphatic hydroxyl groups excluding tert-OH is 1. The van der Waals surface area contributed by atoms with Gasteiger partial charge in [-0.3, -0.25) is 4.90 Å². The summed E-state index contributed by atoms with van der Waals surface area (Å²) in [5.41, 5.74) is 2.72. The molecule has 3 N–H and O–H groups in total. The van der Waals surface area contributed by atoms with Gasteiger partial charge in [-0.05, 0) is 69.7 Å². The number of nitrogens with zero attached hydrogens (tertiary/aromatic N) is 2. The second-order valence-electron chi connectivity index (χ2n) is 7.95. The molecule has 3 rings (SSSR count). The number of hydrogen-bond acceptors (Lipinski definition) is 3. The van der Waals surface area contributed by atoms with Crippen molar-refractivity contribution in [1.82, 2.24) is 15.5 Å². The van der Waals surface area contributed by atoms with Gasteiger partial charge in [0, 0.05) is 19.1 Å². The molecule has 1 aromatic carbocycles. The Morgan fingerprint density at radius 1 is 1.07 bits per heavy atom. The normalized spacial score (nSPS) is 23.7. The van der Waals surface area contributed by atoms with Crippen LogP contribution < -0.4 is 10.6 Å². The van der Waals surface area contributed by atoms with Crippen molar-refractivity contribution in [3.8, 4) is 0 Å². The number of aliphatic hydroxyl groups is 1. The predicted octanol–water partition coefficient (Wildman–Crippen LogP) is 3.65. The molecule has 2 aliphatic rings. The SMILES string of the molecule is CCNC(=NCc1ccccc1CN1CCCCC1)NC1CCC(O)CC1.I. The van der Waals surface area contributed by atoms with Crippen molar-refractivity contribution in [2.45, 2.75) is 77.1 Å². The van der Waals surface area contributed by atoms with E-state index in [1.54, 1.807) is 0 Å². The van der Waals surface area contributed by atoms with Crippen molar-refractivity contribution in [3.63, 3.8) is 0 Å². The topological polar surface area (TPSA) is 59.9 Å². The summed E-state index contributed by atoms with van der Waals surface area (Å²) in [5.74, 6) is 0.895. The highest BCUT2D eigenvalue weighted by molar-refractivity contribution is 14.0. The number of nitrogens with one attached hydrogen (secondary N) is 2. The lowest BCUT2D eigenvalue weighted by atomic mass is 9.93. The number of halogens is 1. The summed E-state index contributed by atoms with van der Waals surface area (Å²) in [6.07, 6.45) is 7.69. The molecule has 0 aromatic heterocycles. The minimum Gasteiger partial charge on any atom is -0.393 e. The largest absolute Gasteiger partial charge is 0.393 e. The first-order chi connectivity index (χ1) is 13.2. The minimum absolute atomic E-state index is 0. The molecule has 1 aromatic rings. The molecule has 28 heavy (non-hydrogen) atoms. The molecule has 0 spiro atoms. The molecule has 1 aliphatic heterocycles. The maximum absolute atomic E-state index is 9.70. The van der Waals surface area contributed by atoms with Crippen LogP contribution in [0.2, 0.25) is 0 Å². The van der Waals surface area contributed by atoms with Crippen LogP contribution in [0.3, 0.4) is 0 Å². The van der Waals surface area contributed by atoms with E-state index in [0.717, 1.165) is 44.7 Å². The first-order valence-electron chi connectivity index (χ1n) is 10.8. The van der Waals surface area contributed by atoms with Crippen LogP contribution in [0.5, 0.6) is 0 Å². The molecule has 158 valence electrons. The Morgan fingerprint density at radius 2 is 1.75 bits per heavy atom. The van der Waals surface area contributed by atoms with Gasteiger partial charge in [0.1, 0.15) is 0 Å². The highest BCUT2D eigenvalue weighted by Crippen LogP contribution is 2.19. The van der Waals surface area contributed by atoms with Crippen molar-refractivity contribution in [3.05, 3.63) is 35.4 Å². The van der Waals surface area contributed by atoms with Crippen LogP contribution >= 0.6 is 24.0 Å². The second-order valence-corrected chi connectivity index (χ2v) is 7.95. The van der Waals surface area contributed by atoms with Gasteiger partial charge in [0.25, 0.3) is 0 Å². The highest BCUT2D eigenvalue weighted by Gasteiger charge is 2.20. The van der Waals surface area contributed by atoms with Gasteiger partial charge in [-0.2, -0.15) is 0 Å². The predicted molar refractivity (Wildman–Crippen MR) is 127 cm³/mol. The van der Waals surface area contributed by atoms with Gasteiger partial charge in [0.05, 0.1) is 12.6 Å². The molecular weight excluding hydrogens is 463 g/mol. The van der Waals surface area contributed by atoms with Crippen LogP contribution in [0.25, 0.3) is 0 Å². The summed E-state index contributed by atoms with van der Waals surface area (Å²) < 4.78 is 0. The maximum atomic E-state index is 9.70. The molecule has 1 aliphatic carbocycles. The standard InChI is InChI=1S/C22H36N4O.HI/c1-2-23-22(25-20-10-12-21(27)13-11-20)24-16-18-8-4-5-9-19(18)17-26-14-6-3-7-15-26;/h4-5,8-9,20-21,27H,2-3,6-7,10-17H2,1H3,(H2,23,24,25);1H. The van der Waals surface area contributed by atoms with E-state index >= 15 is 0 Å². The van der Waals surface area contributed by atoms with Crippen LogP contribution in [0.4, 0.5) is 0 Å². The number of guanidine groups is 1. The summed E-state index contributed by atoms with van der Waals surface area (Å²) in [6.45, 7) is 7.14. The lowest BCUT2D eigenvalue weighted by Crippen LogP contribution is -2.45. The zero-order chi connectivity index (χ0) is 18.9. The van der Waals surface area contributed by atoms with E-state index in [4.69, 9.17) is 4.99 Å². The van der Waals surface area contributed by atoms with E-state index in [1.807, 2.05) is 0 Å². The molecule has 6 heteroatoms. The number of benzene rings is 1. The first kappa shape index (κ1) is 23.4. The average Bonchev–Trinajstić information content (AvgIpc) is 2.70.